The van der Waals surface area contributed by atoms with Crippen molar-refractivity contribution < 1.29 is 27.2 Å². The molecule has 0 saturated carbocycles. The molecular formula is C2H4NbO. The fourth-order valence-corrected chi connectivity index (χ4v) is 0. The maximum Gasteiger partial charge on any atom is 0.116 e. The van der Waals surface area contributed by atoms with Gasteiger partial charge in [0.2, 0.25) is 0 Å². The smallest absolute Gasteiger partial charge is 0.116 e. The summed E-state index contributed by atoms with van der Waals surface area (Å²) in [5.41, 5.74) is 0. The van der Waals surface area contributed by atoms with Crippen molar-refractivity contribution in [2.24, 2.45) is 0 Å². The van der Waals surface area contributed by atoms with Crippen molar-refractivity contribution >= 4 is 6.29 Å². The van der Waals surface area contributed by atoms with Crippen molar-refractivity contribution in [2.75, 3.05) is 0 Å². The van der Waals surface area contributed by atoms with Crippen LogP contribution in [0.15, 0.2) is 0 Å². The molecule has 0 spiro atoms. The second kappa shape index (κ2) is 9.96. The summed E-state index contributed by atoms with van der Waals surface area (Å²) in [4.78, 5) is 8.81. The maximum atomic E-state index is 8.81. The monoisotopic (exact) mass is 137 g/mol. The molecule has 0 aliphatic rings. The van der Waals surface area contributed by atoms with E-state index in [1.54, 1.807) is 0 Å². The minimum absolute atomic E-state index is 0. The Kier molecular flexibility index (Phi) is 22.0. The number of carbonyl (C=O) groups is 1. The molecule has 0 bridgehead atoms. The number of aldehydes is 1. The van der Waals surface area contributed by atoms with E-state index in [9.17, 15) is 0 Å². The van der Waals surface area contributed by atoms with E-state index in [2.05, 4.69) is 0 Å². The van der Waals surface area contributed by atoms with Crippen LogP contribution in [0, 0.1) is 0 Å². The molecular weight excluding hydrogens is 133 g/mol. The average Bonchev–Trinajstić information content (AvgIpc) is 0.918. The molecule has 0 saturated heterocycles. The van der Waals surface area contributed by atoms with Gasteiger partial charge in [0.05, 0.1) is 0 Å². The summed E-state index contributed by atoms with van der Waals surface area (Å²) in [5, 5.41) is 0. The van der Waals surface area contributed by atoms with Gasteiger partial charge in [-0.25, -0.2) is 0 Å². The van der Waals surface area contributed by atoms with E-state index in [1.165, 1.54) is 6.92 Å². The van der Waals surface area contributed by atoms with Crippen LogP contribution >= 0.6 is 0 Å². The molecule has 0 N–H and O–H groups in total. The zero-order valence-corrected chi connectivity index (χ0v) is 4.63. The topological polar surface area (TPSA) is 17.1 Å². The van der Waals surface area contributed by atoms with Crippen molar-refractivity contribution in [3.05, 3.63) is 0 Å². The summed E-state index contributed by atoms with van der Waals surface area (Å²) < 4.78 is 0. The van der Waals surface area contributed by atoms with Crippen molar-refractivity contribution in [3.63, 3.8) is 0 Å². The number of hydrogen-bond donors (Lipinski definition) is 0. The van der Waals surface area contributed by atoms with E-state index in [0.717, 1.165) is 6.29 Å². The van der Waals surface area contributed by atoms with Crippen LogP contribution in [0.3, 0.4) is 0 Å². The van der Waals surface area contributed by atoms with Crippen molar-refractivity contribution in [1.82, 2.24) is 0 Å². The summed E-state index contributed by atoms with van der Waals surface area (Å²) in [7, 11) is 0. The van der Waals surface area contributed by atoms with Gasteiger partial charge < -0.3 is 4.79 Å². The van der Waals surface area contributed by atoms with Crippen LogP contribution in [0.4, 0.5) is 0 Å². The Hall–Kier alpha value is 0.410. The van der Waals surface area contributed by atoms with Crippen LogP contribution < -0.4 is 0 Å². The van der Waals surface area contributed by atoms with Gasteiger partial charge in [0.25, 0.3) is 0 Å². The largest absolute Gasteiger partial charge is 0.304 e. The molecule has 0 fully saturated rings. The van der Waals surface area contributed by atoms with Crippen LogP contribution in [-0.2, 0) is 27.2 Å². The Labute approximate surface area is 40.9 Å². The Morgan fingerprint density at radius 1 is 1.75 bits per heavy atom. The molecule has 4 heavy (non-hydrogen) atoms. The zero-order valence-electron chi connectivity index (χ0n) is 2.43. The molecule has 1 radical (unpaired) electrons. The number of carbonyl (C=O) groups excluding carboxylic acids is 1. The first-order chi connectivity index (χ1) is 1.41. The molecule has 23 valence electrons. The van der Waals surface area contributed by atoms with Gasteiger partial charge in [0.15, 0.2) is 0 Å². The van der Waals surface area contributed by atoms with Gasteiger partial charge in [-0.2, -0.15) is 0 Å². The summed E-state index contributed by atoms with van der Waals surface area (Å²) in [6.45, 7) is 1.44. The van der Waals surface area contributed by atoms with E-state index in [-0.39, 0.29) is 22.4 Å². The molecule has 0 aromatic carbocycles. The third-order valence-corrected chi connectivity index (χ3v) is 0. The van der Waals surface area contributed by atoms with Gasteiger partial charge in [-0.05, 0) is 6.92 Å². The molecule has 0 rings (SSSR count). The molecule has 1 nitrogen and oxygen atoms in total. The van der Waals surface area contributed by atoms with Crippen LogP contribution in [0.25, 0.3) is 0 Å². The predicted molar refractivity (Wildman–Crippen MR) is 11.7 cm³/mol. The fourth-order valence-electron chi connectivity index (χ4n) is 0. The van der Waals surface area contributed by atoms with E-state index in [4.69, 9.17) is 4.79 Å². The minimum Gasteiger partial charge on any atom is -0.304 e. The first-order valence-corrected chi connectivity index (χ1v) is 0.813. The summed E-state index contributed by atoms with van der Waals surface area (Å²) in [6, 6.07) is 0. The molecule has 0 aromatic heterocycles. The Balaban J connectivity index is 0. The summed E-state index contributed by atoms with van der Waals surface area (Å²) in [5.74, 6) is 0. The van der Waals surface area contributed by atoms with Gasteiger partial charge in [-0.3, -0.25) is 0 Å². The number of hydrogen-bond acceptors (Lipinski definition) is 1. The van der Waals surface area contributed by atoms with Crippen molar-refractivity contribution in [1.29, 1.82) is 0 Å². The predicted octanol–water partition coefficient (Wildman–Crippen LogP) is 0.203. The molecule has 2 heteroatoms. The van der Waals surface area contributed by atoms with Crippen molar-refractivity contribution in [3.8, 4) is 0 Å². The van der Waals surface area contributed by atoms with Crippen LogP contribution in [0.2, 0.25) is 0 Å². The second-order valence-electron chi connectivity index (χ2n) is 0.236. The van der Waals surface area contributed by atoms with Crippen molar-refractivity contribution in [2.45, 2.75) is 6.92 Å². The van der Waals surface area contributed by atoms with E-state index in [1.807, 2.05) is 0 Å². The molecule has 0 unspecified atom stereocenters. The quantitative estimate of drug-likeness (QED) is 0.344. The van der Waals surface area contributed by atoms with Crippen LogP contribution in [-0.4, -0.2) is 6.29 Å². The minimum atomic E-state index is 0. The van der Waals surface area contributed by atoms with E-state index in [0.29, 0.717) is 0 Å². The normalized spacial score (nSPS) is 3.25. The summed E-state index contributed by atoms with van der Waals surface area (Å²) in [6.07, 6.45) is 0.750. The zero-order chi connectivity index (χ0) is 2.71. The standard InChI is InChI=1S/C2H4O.Nb/c1-2-3;/h2H,1H3;. The Morgan fingerprint density at radius 2 is 1.75 bits per heavy atom. The molecule has 0 heterocycles. The Bertz CT molecular complexity index is 13.5. The summed E-state index contributed by atoms with van der Waals surface area (Å²) >= 11 is 0. The van der Waals surface area contributed by atoms with E-state index >= 15 is 0 Å². The van der Waals surface area contributed by atoms with Gasteiger partial charge in [0, 0.05) is 22.4 Å². The fraction of sp³-hybridized carbons (Fsp3) is 0.500. The molecule has 0 atom stereocenters. The maximum absolute atomic E-state index is 8.81. The third-order valence-electron chi connectivity index (χ3n) is 0. The van der Waals surface area contributed by atoms with Gasteiger partial charge >= 0.3 is 0 Å². The molecule has 0 aliphatic carbocycles. The van der Waals surface area contributed by atoms with E-state index < -0.39 is 0 Å². The SMILES string of the molecule is CC=O.[Nb]. The molecule has 0 aromatic rings. The van der Waals surface area contributed by atoms with Gasteiger partial charge in [-0.15, -0.1) is 0 Å². The van der Waals surface area contributed by atoms with Crippen LogP contribution in [0.1, 0.15) is 6.92 Å². The van der Waals surface area contributed by atoms with Gasteiger partial charge in [-0.1, -0.05) is 0 Å². The molecule has 0 aliphatic heterocycles. The average molecular weight is 137 g/mol. The van der Waals surface area contributed by atoms with Crippen LogP contribution in [0.5, 0.6) is 0 Å². The first kappa shape index (κ1) is 8.83. The third kappa shape index (κ3) is 28.5. The Morgan fingerprint density at radius 3 is 1.75 bits per heavy atom. The van der Waals surface area contributed by atoms with Gasteiger partial charge in [0.1, 0.15) is 6.29 Å². The number of rotatable bonds is 0. The molecule has 0 amide bonds. The first-order valence-electron chi connectivity index (χ1n) is 0.813. The second-order valence-corrected chi connectivity index (χ2v) is 0.236.